The number of allylic oxidation sites excluding steroid dienone is 1. The number of thioether (sulfide) groups is 1. The van der Waals surface area contributed by atoms with Crippen LogP contribution in [0.3, 0.4) is 0 Å². The summed E-state index contributed by atoms with van der Waals surface area (Å²) in [6.07, 6.45) is 2.62. The number of nitrogens with one attached hydrogen (secondary N) is 2. The van der Waals surface area contributed by atoms with Crippen molar-refractivity contribution in [2.24, 2.45) is 0 Å². The minimum atomic E-state index is -0.574. The number of rotatable bonds is 10. The van der Waals surface area contributed by atoms with E-state index in [2.05, 4.69) is 27.4 Å². The van der Waals surface area contributed by atoms with Crippen molar-refractivity contribution < 1.29 is 9.59 Å². The van der Waals surface area contributed by atoms with E-state index in [1.165, 1.54) is 11.8 Å². The van der Waals surface area contributed by atoms with Crippen LogP contribution in [0.2, 0.25) is 0 Å². The van der Waals surface area contributed by atoms with Crippen molar-refractivity contribution >= 4 is 23.6 Å². The van der Waals surface area contributed by atoms with Crippen molar-refractivity contribution in [2.75, 3.05) is 12.3 Å². The van der Waals surface area contributed by atoms with Crippen LogP contribution in [-0.2, 0) is 16.1 Å². The maximum Gasteiger partial charge on any atom is 0.242 e. The molecule has 0 saturated heterocycles. The average Bonchev–Trinajstić information content (AvgIpc) is 3.08. The highest BCUT2D eigenvalue weighted by Crippen LogP contribution is 2.23. The highest BCUT2D eigenvalue weighted by atomic mass is 32.2. The smallest absolute Gasteiger partial charge is 0.242 e. The SMILES string of the molecule is C=CCn1c(SCC(=O)N[C@H](C)C(=O)NCCC)nnc1-c1ccccc1. The molecule has 0 fully saturated rings. The summed E-state index contributed by atoms with van der Waals surface area (Å²) in [5.74, 6) is 0.464. The first kappa shape index (κ1) is 20.7. The molecule has 0 aliphatic rings. The summed E-state index contributed by atoms with van der Waals surface area (Å²) in [6, 6.07) is 9.16. The molecule has 7 nitrogen and oxygen atoms in total. The molecule has 0 spiro atoms. The van der Waals surface area contributed by atoms with E-state index in [9.17, 15) is 9.59 Å². The molecule has 1 heterocycles. The predicted molar refractivity (Wildman–Crippen MR) is 107 cm³/mol. The number of nitrogens with zero attached hydrogens (tertiary/aromatic N) is 3. The highest BCUT2D eigenvalue weighted by Gasteiger charge is 2.17. The van der Waals surface area contributed by atoms with Crippen LogP contribution in [-0.4, -0.2) is 44.9 Å². The van der Waals surface area contributed by atoms with Gasteiger partial charge in [-0.1, -0.05) is 55.1 Å². The molecule has 2 amide bonds. The van der Waals surface area contributed by atoms with Crippen LogP contribution in [0.1, 0.15) is 20.3 Å². The van der Waals surface area contributed by atoms with E-state index in [1.54, 1.807) is 13.0 Å². The Morgan fingerprint density at radius 1 is 1.30 bits per heavy atom. The number of aromatic nitrogens is 3. The number of carbonyl (C=O) groups excluding carboxylic acids is 2. The molecule has 0 aliphatic heterocycles. The van der Waals surface area contributed by atoms with E-state index >= 15 is 0 Å². The van der Waals surface area contributed by atoms with Crippen molar-refractivity contribution in [1.82, 2.24) is 25.4 Å². The lowest BCUT2D eigenvalue weighted by Crippen LogP contribution is -2.45. The molecule has 1 atom stereocenters. The molecule has 0 radical (unpaired) electrons. The van der Waals surface area contributed by atoms with Gasteiger partial charge in [0.15, 0.2) is 11.0 Å². The Hall–Kier alpha value is -2.61. The molecule has 1 aromatic heterocycles. The fraction of sp³-hybridized carbons (Fsp3) is 0.368. The van der Waals surface area contributed by atoms with Gasteiger partial charge in [0.2, 0.25) is 11.8 Å². The number of benzene rings is 1. The van der Waals surface area contributed by atoms with Crippen molar-refractivity contribution in [1.29, 1.82) is 0 Å². The molecule has 8 heteroatoms. The van der Waals surface area contributed by atoms with Gasteiger partial charge >= 0.3 is 0 Å². The summed E-state index contributed by atoms with van der Waals surface area (Å²) in [5, 5.41) is 14.6. The minimum Gasteiger partial charge on any atom is -0.354 e. The molecule has 0 bridgehead atoms. The maximum atomic E-state index is 12.2. The fourth-order valence-electron chi connectivity index (χ4n) is 2.37. The first-order valence-electron chi connectivity index (χ1n) is 8.86. The quantitative estimate of drug-likeness (QED) is 0.482. The molecule has 27 heavy (non-hydrogen) atoms. The molecule has 2 aromatic rings. The van der Waals surface area contributed by atoms with Gasteiger partial charge in [0.25, 0.3) is 0 Å². The third kappa shape index (κ3) is 5.96. The van der Waals surface area contributed by atoms with Gasteiger partial charge in [-0.05, 0) is 13.3 Å². The van der Waals surface area contributed by atoms with E-state index in [-0.39, 0.29) is 17.6 Å². The fourth-order valence-corrected chi connectivity index (χ4v) is 3.13. The molecule has 0 unspecified atom stereocenters. The summed E-state index contributed by atoms with van der Waals surface area (Å²) in [7, 11) is 0. The van der Waals surface area contributed by atoms with Gasteiger partial charge in [0.05, 0.1) is 5.75 Å². The average molecular weight is 388 g/mol. The number of amides is 2. The van der Waals surface area contributed by atoms with Gasteiger partial charge in [0, 0.05) is 18.7 Å². The second-order valence-corrected chi connectivity index (χ2v) is 6.88. The number of hydrogen-bond donors (Lipinski definition) is 2. The van der Waals surface area contributed by atoms with Crippen molar-refractivity contribution in [3.05, 3.63) is 43.0 Å². The Bertz CT molecular complexity index is 776. The van der Waals surface area contributed by atoms with Gasteiger partial charge in [0.1, 0.15) is 6.04 Å². The lowest BCUT2D eigenvalue weighted by molar-refractivity contribution is -0.127. The standard InChI is InChI=1S/C19H25N5O2S/c1-4-11-20-18(26)14(3)21-16(25)13-27-19-23-22-17(24(19)12-5-2)15-9-7-6-8-10-15/h5-10,14H,2,4,11-13H2,1,3H3,(H,20,26)(H,21,25)/t14-/m1/s1. The minimum absolute atomic E-state index is 0.148. The van der Waals surface area contributed by atoms with E-state index in [0.717, 1.165) is 17.8 Å². The highest BCUT2D eigenvalue weighted by molar-refractivity contribution is 7.99. The predicted octanol–water partition coefficient (Wildman–Crippen LogP) is 2.25. The summed E-state index contributed by atoms with van der Waals surface area (Å²) in [4.78, 5) is 24.0. The summed E-state index contributed by atoms with van der Waals surface area (Å²) >= 11 is 1.28. The van der Waals surface area contributed by atoms with Crippen LogP contribution < -0.4 is 10.6 Å². The molecule has 2 N–H and O–H groups in total. The lowest BCUT2D eigenvalue weighted by atomic mass is 10.2. The zero-order valence-electron chi connectivity index (χ0n) is 15.6. The Balaban J connectivity index is 1.99. The van der Waals surface area contributed by atoms with E-state index in [0.29, 0.717) is 18.2 Å². The Morgan fingerprint density at radius 2 is 2.04 bits per heavy atom. The Kier molecular flexibility index (Phi) is 8.06. The number of hydrogen-bond acceptors (Lipinski definition) is 5. The van der Waals surface area contributed by atoms with Gasteiger partial charge in [-0.2, -0.15) is 0 Å². The Labute approximate surface area is 163 Å². The zero-order valence-corrected chi connectivity index (χ0v) is 16.5. The first-order valence-corrected chi connectivity index (χ1v) is 9.84. The third-order valence-electron chi connectivity index (χ3n) is 3.71. The van der Waals surface area contributed by atoms with Crippen molar-refractivity contribution in [3.8, 4) is 11.4 Å². The molecule has 2 rings (SSSR count). The monoisotopic (exact) mass is 387 g/mol. The molecular formula is C19H25N5O2S. The van der Waals surface area contributed by atoms with Crippen LogP contribution in [0.4, 0.5) is 0 Å². The van der Waals surface area contributed by atoms with Gasteiger partial charge in [-0.25, -0.2) is 0 Å². The van der Waals surface area contributed by atoms with Gasteiger partial charge < -0.3 is 10.6 Å². The largest absolute Gasteiger partial charge is 0.354 e. The van der Waals surface area contributed by atoms with Crippen LogP contribution in [0.15, 0.2) is 48.1 Å². The maximum absolute atomic E-state index is 12.2. The lowest BCUT2D eigenvalue weighted by Gasteiger charge is -2.13. The van der Waals surface area contributed by atoms with E-state index < -0.39 is 6.04 Å². The normalized spacial score (nSPS) is 11.6. The summed E-state index contributed by atoms with van der Waals surface area (Å²) in [5.41, 5.74) is 0.948. The van der Waals surface area contributed by atoms with Crippen LogP contribution >= 0.6 is 11.8 Å². The van der Waals surface area contributed by atoms with Gasteiger partial charge in [-0.3, -0.25) is 14.2 Å². The molecule has 1 aromatic carbocycles. The second kappa shape index (κ2) is 10.5. The van der Waals surface area contributed by atoms with Crippen molar-refractivity contribution in [3.63, 3.8) is 0 Å². The van der Waals surface area contributed by atoms with E-state index in [4.69, 9.17) is 0 Å². The van der Waals surface area contributed by atoms with E-state index in [1.807, 2.05) is 41.8 Å². The van der Waals surface area contributed by atoms with Crippen LogP contribution in [0.25, 0.3) is 11.4 Å². The van der Waals surface area contributed by atoms with Crippen molar-refractivity contribution in [2.45, 2.75) is 38.0 Å². The summed E-state index contributed by atoms with van der Waals surface area (Å²) < 4.78 is 1.91. The van der Waals surface area contributed by atoms with Crippen LogP contribution in [0.5, 0.6) is 0 Å². The van der Waals surface area contributed by atoms with Crippen LogP contribution in [0, 0.1) is 0 Å². The molecular weight excluding hydrogens is 362 g/mol. The third-order valence-corrected chi connectivity index (χ3v) is 4.68. The molecule has 144 valence electrons. The second-order valence-electron chi connectivity index (χ2n) is 5.94. The first-order chi connectivity index (χ1) is 13.1. The topological polar surface area (TPSA) is 88.9 Å². The Morgan fingerprint density at radius 3 is 2.70 bits per heavy atom. The zero-order chi connectivity index (χ0) is 19.6. The number of carbonyl (C=O) groups is 2. The molecule has 0 saturated carbocycles. The van der Waals surface area contributed by atoms with Gasteiger partial charge in [-0.15, -0.1) is 16.8 Å². The molecule has 0 aliphatic carbocycles. The summed E-state index contributed by atoms with van der Waals surface area (Å²) in [6.45, 7) is 8.56.